The molecule has 10 rings (SSSR count). The standard InChI is InChI=1S/C49H32N4O/c1-4-14-33(15-5-1)36-20-12-21-38(30-36)48-50-47(35-17-6-2-7-18-35)51-49(52-48)43-24-13-25-44-46(43)42-29-28-41(32-45(42)54-44)53(39-22-8-3-9-23-39)40-27-26-34-16-10-11-19-37(34)31-40/h1-32H. The molecule has 254 valence electrons. The molecule has 5 heteroatoms. The van der Waals surface area contributed by atoms with Gasteiger partial charge in [0.05, 0.1) is 0 Å². The van der Waals surface area contributed by atoms with E-state index < -0.39 is 0 Å². The van der Waals surface area contributed by atoms with Gasteiger partial charge in [0.25, 0.3) is 0 Å². The monoisotopic (exact) mass is 692 g/mol. The molecule has 0 saturated heterocycles. The molecule has 0 bridgehead atoms. The van der Waals surface area contributed by atoms with Crippen LogP contribution < -0.4 is 4.90 Å². The molecule has 0 atom stereocenters. The van der Waals surface area contributed by atoms with Gasteiger partial charge in [0, 0.05) is 50.6 Å². The Morgan fingerprint density at radius 3 is 1.74 bits per heavy atom. The van der Waals surface area contributed by atoms with Gasteiger partial charge in [-0.25, -0.2) is 15.0 Å². The predicted molar refractivity (Wildman–Crippen MR) is 221 cm³/mol. The fraction of sp³-hybridized carbons (Fsp3) is 0. The highest BCUT2D eigenvalue weighted by Crippen LogP contribution is 2.41. The zero-order chi connectivity index (χ0) is 35.8. The van der Waals surface area contributed by atoms with Gasteiger partial charge in [-0.2, -0.15) is 0 Å². The molecule has 54 heavy (non-hydrogen) atoms. The molecule has 0 spiro atoms. The highest BCUT2D eigenvalue weighted by atomic mass is 16.3. The molecule has 10 aromatic rings. The molecule has 2 heterocycles. The predicted octanol–water partition coefficient (Wildman–Crippen LogP) is 13.1. The Kier molecular flexibility index (Phi) is 7.73. The number of anilines is 3. The number of rotatable bonds is 7. The minimum Gasteiger partial charge on any atom is -0.456 e. The van der Waals surface area contributed by atoms with Crippen molar-refractivity contribution in [3.05, 3.63) is 194 Å². The lowest BCUT2D eigenvalue weighted by atomic mass is 10.0. The number of benzene rings is 8. The zero-order valence-electron chi connectivity index (χ0n) is 29.2. The fourth-order valence-electron chi connectivity index (χ4n) is 7.29. The normalized spacial score (nSPS) is 11.3. The van der Waals surface area contributed by atoms with Crippen LogP contribution in [-0.2, 0) is 0 Å². The summed E-state index contributed by atoms with van der Waals surface area (Å²) in [5, 5.41) is 4.34. The van der Waals surface area contributed by atoms with Crippen molar-refractivity contribution in [3.8, 4) is 45.3 Å². The van der Waals surface area contributed by atoms with E-state index in [2.05, 4.69) is 144 Å². The molecule has 8 aromatic carbocycles. The second kappa shape index (κ2) is 13.3. The molecule has 0 unspecified atom stereocenters. The molecule has 0 amide bonds. The van der Waals surface area contributed by atoms with Crippen molar-refractivity contribution in [2.24, 2.45) is 0 Å². The SMILES string of the molecule is c1ccc(-c2cccc(-c3nc(-c4ccccc4)nc(-c4cccc5oc6cc(N(c7ccccc7)c7ccc8ccccc8c7)ccc6c45)n3)c2)cc1. The van der Waals surface area contributed by atoms with E-state index in [0.717, 1.165) is 66.8 Å². The number of aromatic nitrogens is 3. The fourth-order valence-corrected chi connectivity index (χ4v) is 7.29. The second-order valence-electron chi connectivity index (χ2n) is 13.3. The average Bonchev–Trinajstić information content (AvgIpc) is 3.63. The summed E-state index contributed by atoms with van der Waals surface area (Å²) >= 11 is 0. The number of nitrogens with zero attached hydrogens (tertiary/aromatic N) is 4. The quantitative estimate of drug-likeness (QED) is 0.166. The van der Waals surface area contributed by atoms with Gasteiger partial charge in [0.2, 0.25) is 0 Å². The minimum absolute atomic E-state index is 0.586. The van der Waals surface area contributed by atoms with E-state index in [1.54, 1.807) is 0 Å². The van der Waals surface area contributed by atoms with E-state index in [1.165, 1.54) is 10.8 Å². The maximum absolute atomic E-state index is 6.64. The Balaban J connectivity index is 1.13. The summed E-state index contributed by atoms with van der Waals surface area (Å²) in [5.41, 5.74) is 9.64. The topological polar surface area (TPSA) is 55.1 Å². The van der Waals surface area contributed by atoms with Gasteiger partial charge < -0.3 is 9.32 Å². The number of hydrogen-bond donors (Lipinski definition) is 0. The van der Waals surface area contributed by atoms with Crippen molar-refractivity contribution in [1.82, 2.24) is 15.0 Å². The Bertz CT molecular complexity index is 2940. The first-order valence-corrected chi connectivity index (χ1v) is 18.0. The van der Waals surface area contributed by atoms with Crippen molar-refractivity contribution in [2.75, 3.05) is 4.90 Å². The van der Waals surface area contributed by atoms with Gasteiger partial charge >= 0.3 is 0 Å². The highest BCUT2D eigenvalue weighted by molar-refractivity contribution is 6.12. The maximum Gasteiger partial charge on any atom is 0.164 e. The molecular weight excluding hydrogens is 661 g/mol. The van der Waals surface area contributed by atoms with E-state index in [-0.39, 0.29) is 0 Å². The molecule has 0 aliphatic carbocycles. The van der Waals surface area contributed by atoms with Crippen LogP contribution in [0.4, 0.5) is 17.1 Å². The van der Waals surface area contributed by atoms with Crippen LogP contribution in [0.3, 0.4) is 0 Å². The molecule has 0 radical (unpaired) electrons. The molecular formula is C49H32N4O. The lowest BCUT2D eigenvalue weighted by molar-refractivity contribution is 0.669. The largest absolute Gasteiger partial charge is 0.456 e. The zero-order valence-corrected chi connectivity index (χ0v) is 29.2. The van der Waals surface area contributed by atoms with E-state index >= 15 is 0 Å². The van der Waals surface area contributed by atoms with Crippen LogP contribution >= 0.6 is 0 Å². The molecule has 0 N–H and O–H groups in total. The number of para-hydroxylation sites is 1. The van der Waals surface area contributed by atoms with Crippen LogP contribution in [0.1, 0.15) is 0 Å². The van der Waals surface area contributed by atoms with Crippen molar-refractivity contribution >= 4 is 49.8 Å². The van der Waals surface area contributed by atoms with Crippen LogP contribution in [0, 0.1) is 0 Å². The molecule has 5 nitrogen and oxygen atoms in total. The van der Waals surface area contributed by atoms with E-state index in [4.69, 9.17) is 19.4 Å². The van der Waals surface area contributed by atoms with Crippen molar-refractivity contribution < 1.29 is 4.42 Å². The summed E-state index contributed by atoms with van der Waals surface area (Å²) < 4.78 is 6.64. The number of hydrogen-bond acceptors (Lipinski definition) is 5. The highest BCUT2D eigenvalue weighted by Gasteiger charge is 2.20. The lowest BCUT2D eigenvalue weighted by Gasteiger charge is -2.25. The van der Waals surface area contributed by atoms with Gasteiger partial charge in [-0.3, -0.25) is 0 Å². The third-order valence-corrected chi connectivity index (χ3v) is 9.88. The average molecular weight is 693 g/mol. The van der Waals surface area contributed by atoms with Gasteiger partial charge in [0.15, 0.2) is 17.5 Å². The number of furan rings is 1. The van der Waals surface area contributed by atoms with Gasteiger partial charge in [0.1, 0.15) is 11.2 Å². The summed E-state index contributed by atoms with van der Waals surface area (Å²) in [7, 11) is 0. The molecule has 0 aliphatic rings. The Morgan fingerprint density at radius 2 is 0.944 bits per heavy atom. The summed E-state index contributed by atoms with van der Waals surface area (Å²) in [5.74, 6) is 1.81. The molecule has 0 aliphatic heterocycles. The third kappa shape index (κ3) is 5.74. The first-order chi connectivity index (χ1) is 26.7. The number of fused-ring (bicyclic) bond motifs is 4. The van der Waals surface area contributed by atoms with Gasteiger partial charge in [-0.1, -0.05) is 140 Å². The lowest BCUT2D eigenvalue weighted by Crippen LogP contribution is -2.09. The maximum atomic E-state index is 6.64. The van der Waals surface area contributed by atoms with Gasteiger partial charge in [-0.05, 0) is 70.4 Å². The molecule has 0 saturated carbocycles. The summed E-state index contributed by atoms with van der Waals surface area (Å²) in [4.78, 5) is 17.5. The third-order valence-electron chi connectivity index (χ3n) is 9.88. The Hall–Kier alpha value is -7.37. The van der Waals surface area contributed by atoms with Crippen LogP contribution in [0.2, 0.25) is 0 Å². The first kappa shape index (κ1) is 31.4. The molecule has 0 fully saturated rings. The summed E-state index contributed by atoms with van der Waals surface area (Å²) in [6, 6.07) is 66.9. The van der Waals surface area contributed by atoms with E-state index in [9.17, 15) is 0 Å². The van der Waals surface area contributed by atoms with Crippen molar-refractivity contribution in [2.45, 2.75) is 0 Å². The van der Waals surface area contributed by atoms with Crippen LogP contribution in [-0.4, -0.2) is 15.0 Å². The summed E-state index contributed by atoms with van der Waals surface area (Å²) in [6.07, 6.45) is 0. The van der Waals surface area contributed by atoms with Crippen LogP contribution in [0.15, 0.2) is 199 Å². The van der Waals surface area contributed by atoms with Crippen LogP contribution in [0.25, 0.3) is 78.0 Å². The van der Waals surface area contributed by atoms with Crippen molar-refractivity contribution in [3.63, 3.8) is 0 Å². The van der Waals surface area contributed by atoms with Crippen molar-refractivity contribution in [1.29, 1.82) is 0 Å². The smallest absolute Gasteiger partial charge is 0.164 e. The van der Waals surface area contributed by atoms with Crippen LogP contribution in [0.5, 0.6) is 0 Å². The van der Waals surface area contributed by atoms with Gasteiger partial charge in [-0.15, -0.1) is 0 Å². The molecule has 2 aromatic heterocycles. The Labute approximate surface area is 312 Å². The second-order valence-corrected chi connectivity index (χ2v) is 13.3. The van der Waals surface area contributed by atoms with E-state index in [1.807, 2.05) is 54.6 Å². The first-order valence-electron chi connectivity index (χ1n) is 18.0. The minimum atomic E-state index is 0.586. The Morgan fingerprint density at radius 1 is 0.352 bits per heavy atom. The van der Waals surface area contributed by atoms with E-state index in [0.29, 0.717) is 17.5 Å². The summed E-state index contributed by atoms with van der Waals surface area (Å²) in [6.45, 7) is 0.